The van der Waals surface area contributed by atoms with Gasteiger partial charge in [-0.05, 0) is 65.7 Å². The van der Waals surface area contributed by atoms with Crippen molar-refractivity contribution < 1.29 is 14.3 Å². The van der Waals surface area contributed by atoms with E-state index in [1.54, 1.807) is 16.2 Å². The smallest absolute Gasteiger partial charge is 0.410 e. The van der Waals surface area contributed by atoms with Gasteiger partial charge in [0.2, 0.25) is 0 Å². The van der Waals surface area contributed by atoms with Crippen LogP contribution in [-0.2, 0) is 4.74 Å². The number of nitrogens with one attached hydrogen (secondary N) is 1. The molecule has 0 aromatic carbocycles. The Bertz CT molecular complexity index is 743. The van der Waals surface area contributed by atoms with E-state index in [4.69, 9.17) is 4.74 Å². The maximum absolute atomic E-state index is 12.4. The Balaban J connectivity index is 1.44. The second-order valence-electron chi connectivity index (χ2n) is 8.93. The first-order valence-corrected chi connectivity index (χ1v) is 11.6. The molecular formula is C22H33N3O3S. The first-order valence-electron chi connectivity index (χ1n) is 10.7. The topological polar surface area (TPSA) is 71.5 Å². The molecule has 0 atom stereocenters. The highest BCUT2D eigenvalue weighted by Crippen LogP contribution is 2.31. The highest BCUT2D eigenvalue weighted by Gasteiger charge is 2.29. The number of nitrogens with zero attached hydrogens (tertiary/aromatic N) is 2. The lowest BCUT2D eigenvalue weighted by Crippen LogP contribution is -2.41. The van der Waals surface area contributed by atoms with Gasteiger partial charge in [-0.3, -0.25) is 4.79 Å². The number of carbonyl (C=O) groups is 2. The Morgan fingerprint density at radius 2 is 2.03 bits per heavy atom. The number of piperidine rings is 1. The van der Waals surface area contributed by atoms with Gasteiger partial charge in [0.1, 0.15) is 11.3 Å². The average Bonchev–Trinajstić information content (AvgIpc) is 3.18. The summed E-state index contributed by atoms with van der Waals surface area (Å²) in [7, 11) is 0. The molecule has 6 nitrogen and oxygen atoms in total. The van der Waals surface area contributed by atoms with Gasteiger partial charge >= 0.3 is 6.09 Å². The molecule has 1 aliphatic heterocycles. The van der Waals surface area contributed by atoms with Crippen LogP contribution in [0, 0.1) is 0 Å². The monoisotopic (exact) mass is 419 g/mol. The number of allylic oxidation sites excluding steroid dienone is 1. The van der Waals surface area contributed by atoms with Gasteiger partial charge in [-0.2, -0.15) is 0 Å². The summed E-state index contributed by atoms with van der Waals surface area (Å²) in [6, 6.07) is 0. The zero-order chi connectivity index (χ0) is 20.9. The maximum atomic E-state index is 12.4. The molecule has 0 radical (unpaired) electrons. The van der Waals surface area contributed by atoms with Crippen molar-refractivity contribution in [2.75, 3.05) is 19.6 Å². The van der Waals surface area contributed by atoms with Crippen LogP contribution < -0.4 is 5.32 Å². The lowest BCUT2D eigenvalue weighted by atomic mass is 9.97. The molecule has 0 saturated carbocycles. The van der Waals surface area contributed by atoms with E-state index in [0.717, 1.165) is 24.3 Å². The Kier molecular flexibility index (Phi) is 7.33. The van der Waals surface area contributed by atoms with Crippen LogP contribution in [0.3, 0.4) is 0 Å². The van der Waals surface area contributed by atoms with Gasteiger partial charge < -0.3 is 15.0 Å². The van der Waals surface area contributed by atoms with Gasteiger partial charge in [-0.15, -0.1) is 11.3 Å². The third-order valence-corrected chi connectivity index (χ3v) is 6.37. The molecule has 160 valence electrons. The van der Waals surface area contributed by atoms with Crippen LogP contribution in [0.2, 0.25) is 0 Å². The van der Waals surface area contributed by atoms with Crippen LogP contribution in [0.25, 0.3) is 0 Å². The number of likely N-dealkylation sites (tertiary alicyclic amines) is 1. The lowest BCUT2D eigenvalue weighted by molar-refractivity contribution is 0.0205. The molecule has 0 bridgehead atoms. The fourth-order valence-electron chi connectivity index (χ4n) is 3.77. The first kappa shape index (κ1) is 21.8. The lowest BCUT2D eigenvalue weighted by Gasteiger charge is -2.32. The van der Waals surface area contributed by atoms with Crippen LogP contribution in [0.15, 0.2) is 17.0 Å². The number of hydrogen-bond donors (Lipinski definition) is 1. The van der Waals surface area contributed by atoms with Gasteiger partial charge in [-0.25, -0.2) is 9.78 Å². The van der Waals surface area contributed by atoms with Crippen LogP contribution in [-0.4, -0.2) is 47.1 Å². The Hall–Kier alpha value is -1.89. The molecule has 2 heterocycles. The van der Waals surface area contributed by atoms with E-state index < -0.39 is 5.60 Å². The normalized spacial score (nSPS) is 18.3. The third kappa shape index (κ3) is 6.56. The summed E-state index contributed by atoms with van der Waals surface area (Å²) in [5.41, 5.74) is 1.50. The summed E-state index contributed by atoms with van der Waals surface area (Å²) >= 11 is 1.55. The summed E-state index contributed by atoms with van der Waals surface area (Å²) in [5.74, 6) is 0.211. The highest BCUT2D eigenvalue weighted by molar-refractivity contribution is 7.09. The maximum Gasteiger partial charge on any atom is 0.410 e. The van der Waals surface area contributed by atoms with Crippen LogP contribution in [0.5, 0.6) is 0 Å². The molecule has 1 N–H and O–H groups in total. The number of carbonyl (C=O) groups excluding carboxylic acids is 2. The summed E-state index contributed by atoms with van der Waals surface area (Å²) in [5, 5.41) is 5.85. The van der Waals surface area contributed by atoms with E-state index in [2.05, 4.69) is 16.4 Å². The average molecular weight is 420 g/mol. The van der Waals surface area contributed by atoms with E-state index in [9.17, 15) is 9.59 Å². The fourth-order valence-corrected chi connectivity index (χ4v) is 4.75. The largest absolute Gasteiger partial charge is 0.444 e. The molecule has 0 spiro atoms. The minimum atomic E-state index is -0.473. The molecule has 0 unspecified atom stereocenters. The zero-order valence-electron chi connectivity index (χ0n) is 17.8. The third-order valence-electron chi connectivity index (χ3n) is 5.37. The molecule has 1 fully saturated rings. The number of aromatic nitrogens is 1. The van der Waals surface area contributed by atoms with Crippen LogP contribution >= 0.6 is 11.3 Å². The minimum absolute atomic E-state index is 0.0879. The first-order chi connectivity index (χ1) is 13.8. The molecular weight excluding hydrogens is 386 g/mol. The molecule has 2 aliphatic rings. The van der Waals surface area contributed by atoms with Crippen LogP contribution in [0.4, 0.5) is 4.79 Å². The van der Waals surface area contributed by atoms with Gasteiger partial charge in [0.05, 0.1) is 5.01 Å². The Morgan fingerprint density at radius 1 is 1.28 bits per heavy atom. The molecule has 7 heteroatoms. The van der Waals surface area contributed by atoms with Gasteiger partial charge in [-0.1, -0.05) is 11.6 Å². The molecule has 1 aromatic rings. The standard InChI is InChI=1S/C22H33N3O3S/c1-22(2,3)28-21(27)25-13-10-17(11-14-25)20-24-18(15-29-20)19(26)23-12-9-16-7-5-4-6-8-16/h7,15,17H,4-6,8-14H2,1-3H3,(H,23,26). The van der Waals surface area contributed by atoms with E-state index >= 15 is 0 Å². The number of amides is 2. The molecule has 2 amide bonds. The summed E-state index contributed by atoms with van der Waals surface area (Å²) in [4.78, 5) is 31.0. The van der Waals surface area contributed by atoms with E-state index in [0.29, 0.717) is 31.2 Å². The van der Waals surface area contributed by atoms with Crippen molar-refractivity contribution in [2.45, 2.75) is 77.2 Å². The van der Waals surface area contributed by atoms with Crippen molar-refractivity contribution in [3.05, 3.63) is 27.7 Å². The van der Waals surface area contributed by atoms with Crippen molar-refractivity contribution in [3.63, 3.8) is 0 Å². The Labute approximate surface area is 177 Å². The predicted molar refractivity (Wildman–Crippen MR) is 115 cm³/mol. The van der Waals surface area contributed by atoms with E-state index in [1.165, 1.54) is 31.3 Å². The second kappa shape index (κ2) is 9.74. The molecule has 1 aliphatic carbocycles. The molecule has 29 heavy (non-hydrogen) atoms. The van der Waals surface area contributed by atoms with Crippen molar-refractivity contribution >= 4 is 23.3 Å². The molecule has 3 rings (SSSR count). The van der Waals surface area contributed by atoms with Crippen molar-refractivity contribution in [1.29, 1.82) is 0 Å². The second-order valence-corrected chi connectivity index (χ2v) is 9.82. The van der Waals surface area contributed by atoms with Gasteiger partial charge in [0.25, 0.3) is 5.91 Å². The zero-order valence-corrected chi connectivity index (χ0v) is 18.6. The quantitative estimate of drug-likeness (QED) is 0.691. The van der Waals surface area contributed by atoms with Gasteiger partial charge in [0.15, 0.2) is 0 Å². The van der Waals surface area contributed by atoms with Crippen molar-refractivity contribution in [3.8, 4) is 0 Å². The van der Waals surface area contributed by atoms with E-state index in [1.807, 2.05) is 26.2 Å². The van der Waals surface area contributed by atoms with Crippen molar-refractivity contribution in [1.82, 2.24) is 15.2 Å². The molecule has 1 saturated heterocycles. The summed E-state index contributed by atoms with van der Waals surface area (Å²) < 4.78 is 5.45. The number of thiazole rings is 1. The minimum Gasteiger partial charge on any atom is -0.444 e. The fraction of sp³-hybridized carbons (Fsp3) is 0.682. The van der Waals surface area contributed by atoms with E-state index in [-0.39, 0.29) is 12.0 Å². The predicted octanol–water partition coefficient (Wildman–Crippen LogP) is 4.88. The van der Waals surface area contributed by atoms with Crippen molar-refractivity contribution in [2.24, 2.45) is 0 Å². The molecule has 1 aromatic heterocycles. The number of hydrogen-bond acceptors (Lipinski definition) is 5. The SMILES string of the molecule is CC(C)(C)OC(=O)N1CCC(c2nc(C(=O)NCCC3=CCCCC3)cs2)CC1. The number of rotatable bonds is 5. The van der Waals surface area contributed by atoms with Crippen LogP contribution in [0.1, 0.15) is 87.1 Å². The Morgan fingerprint density at radius 3 is 2.69 bits per heavy atom. The summed E-state index contributed by atoms with van der Waals surface area (Å²) in [6.45, 7) is 7.64. The highest BCUT2D eigenvalue weighted by atomic mass is 32.1. The summed E-state index contributed by atoms with van der Waals surface area (Å²) in [6.07, 6.45) is 9.60. The number of ether oxygens (including phenoxy) is 1. The van der Waals surface area contributed by atoms with Gasteiger partial charge in [0, 0.05) is 30.9 Å².